The van der Waals surface area contributed by atoms with Crippen molar-refractivity contribution in [2.24, 2.45) is 0 Å². The van der Waals surface area contributed by atoms with Crippen LogP contribution in [0.1, 0.15) is 28.9 Å². The lowest BCUT2D eigenvalue weighted by Gasteiger charge is -2.35. The maximum absolute atomic E-state index is 12.7. The van der Waals surface area contributed by atoms with E-state index >= 15 is 0 Å². The van der Waals surface area contributed by atoms with Gasteiger partial charge < -0.3 is 19.9 Å². The van der Waals surface area contributed by atoms with Crippen molar-refractivity contribution >= 4 is 12.0 Å². The Kier molecular flexibility index (Phi) is 4.93. The van der Waals surface area contributed by atoms with Crippen molar-refractivity contribution in [2.75, 3.05) is 38.7 Å². The molecule has 7 nitrogen and oxygen atoms in total. The fourth-order valence-electron chi connectivity index (χ4n) is 4.05. The van der Waals surface area contributed by atoms with Crippen LogP contribution in [0.3, 0.4) is 0 Å². The fourth-order valence-corrected chi connectivity index (χ4v) is 4.05. The number of hydrogen-bond acceptors (Lipinski definition) is 5. The second-order valence-corrected chi connectivity index (χ2v) is 7.92. The summed E-state index contributed by atoms with van der Waals surface area (Å²) in [7, 11) is 3.90. The van der Waals surface area contributed by atoms with Crippen molar-refractivity contribution in [3.8, 4) is 0 Å². The number of nitrogens with one attached hydrogen (secondary N) is 1. The van der Waals surface area contributed by atoms with Crippen LogP contribution in [0.4, 0.5) is 10.7 Å². The van der Waals surface area contributed by atoms with Crippen molar-refractivity contribution < 1.29 is 9.53 Å². The number of rotatable bonds is 3. The zero-order valence-corrected chi connectivity index (χ0v) is 16.7. The first kappa shape index (κ1) is 18.7. The second kappa shape index (κ2) is 7.39. The smallest absolute Gasteiger partial charge is 0.317 e. The molecule has 28 heavy (non-hydrogen) atoms. The average molecular weight is 381 g/mol. The Morgan fingerprint density at radius 3 is 2.82 bits per heavy atom. The largest absolute Gasteiger partial charge is 0.376 e. The standard InChI is InChI=1S/C21H27N5O2/c1-15-17-12-28-14-21(18(17)24-19(23-15)25(2)3)9-10-26(13-21)20(27)22-11-16-7-5-4-6-8-16/h4-8H,9-14H2,1-3H3,(H,22,27)/t21-/m0/s1. The number of benzene rings is 1. The highest BCUT2D eigenvalue weighted by atomic mass is 16.5. The zero-order valence-electron chi connectivity index (χ0n) is 16.7. The van der Waals surface area contributed by atoms with Crippen LogP contribution in [0.25, 0.3) is 0 Å². The number of aromatic nitrogens is 2. The number of fused-ring (bicyclic) bond motifs is 2. The number of aryl methyl sites for hydroxylation is 1. The molecular weight excluding hydrogens is 354 g/mol. The lowest BCUT2D eigenvalue weighted by atomic mass is 9.80. The molecule has 1 spiro atoms. The van der Waals surface area contributed by atoms with Gasteiger partial charge in [-0.15, -0.1) is 0 Å². The van der Waals surface area contributed by atoms with Crippen LogP contribution >= 0.6 is 0 Å². The van der Waals surface area contributed by atoms with E-state index < -0.39 is 0 Å². The van der Waals surface area contributed by atoms with E-state index in [1.165, 1.54) is 0 Å². The fraction of sp³-hybridized carbons (Fsp3) is 0.476. The molecule has 1 aromatic heterocycles. The number of urea groups is 1. The van der Waals surface area contributed by atoms with Crippen LogP contribution in [0.5, 0.6) is 0 Å². The molecule has 2 aliphatic rings. The summed E-state index contributed by atoms with van der Waals surface area (Å²) in [6.45, 7) is 4.98. The van der Waals surface area contributed by atoms with Gasteiger partial charge in [-0.2, -0.15) is 0 Å². The molecule has 0 saturated carbocycles. The first-order valence-corrected chi connectivity index (χ1v) is 9.68. The van der Waals surface area contributed by atoms with Gasteiger partial charge in [-0.05, 0) is 18.9 Å². The molecule has 0 unspecified atom stereocenters. The average Bonchev–Trinajstić information content (AvgIpc) is 3.12. The number of nitrogens with zero attached hydrogens (tertiary/aromatic N) is 4. The third kappa shape index (κ3) is 3.42. The molecule has 0 radical (unpaired) electrons. The molecular formula is C21H27N5O2. The van der Waals surface area contributed by atoms with Gasteiger partial charge in [0, 0.05) is 45.0 Å². The summed E-state index contributed by atoms with van der Waals surface area (Å²) in [6, 6.07) is 9.92. The number of anilines is 1. The van der Waals surface area contributed by atoms with Gasteiger partial charge in [0.05, 0.1) is 24.3 Å². The number of likely N-dealkylation sites (tertiary alicyclic amines) is 1. The first-order chi connectivity index (χ1) is 13.5. The highest BCUT2D eigenvalue weighted by Gasteiger charge is 2.46. The van der Waals surface area contributed by atoms with E-state index in [-0.39, 0.29) is 11.4 Å². The minimum absolute atomic E-state index is 0.0357. The van der Waals surface area contributed by atoms with Gasteiger partial charge >= 0.3 is 6.03 Å². The van der Waals surface area contributed by atoms with Crippen LogP contribution in [-0.4, -0.2) is 54.7 Å². The van der Waals surface area contributed by atoms with Crippen LogP contribution < -0.4 is 10.2 Å². The molecule has 7 heteroatoms. The van der Waals surface area contributed by atoms with Gasteiger partial charge in [0.1, 0.15) is 0 Å². The molecule has 3 heterocycles. The van der Waals surface area contributed by atoms with Crippen molar-refractivity contribution in [3.63, 3.8) is 0 Å². The summed E-state index contributed by atoms with van der Waals surface area (Å²) in [5.74, 6) is 0.713. The van der Waals surface area contributed by atoms with Crippen LogP contribution in [0, 0.1) is 6.92 Å². The van der Waals surface area contributed by atoms with Crippen LogP contribution in [0.15, 0.2) is 30.3 Å². The van der Waals surface area contributed by atoms with E-state index in [0.717, 1.165) is 28.9 Å². The Hall–Kier alpha value is -2.67. The van der Waals surface area contributed by atoms with Crippen molar-refractivity contribution in [3.05, 3.63) is 52.8 Å². The maximum Gasteiger partial charge on any atom is 0.317 e. The van der Waals surface area contributed by atoms with Gasteiger partial charge in [-0.25, -0.2) is 14.8 Å². The van der Waals surface area contributed by atoms with E-state index in [4.69, 9.17) is 9.72 Å². The molecule has 1 atom stereocenters. The predicted octanol–water partition coefficient (Wildman–Crippen LogP) is 2.23. The van der Waals surface area contributed by atoms with Crippen molar-refractivity contribution in [1.29, 1.82) is 0 Å². The van der Waals surface area contributed by atoms with Crippen molar-refractivity contribution in [1.82, 2.24) is 20.2 Å². The van der Waals surface area contributed by atoms with Gasteiger partial charge in [-0.3, -0.25) is 0 Å². The molecule has 148 valence electrons. The SMILES string of the molecule is Cc1nc(N(C)C)nc2c1COC[C@@]21CCN(C(=O)NCc2ccccc2)C1. The quantitative estimate of drug-likeness (QED) is 0.883. The molecule has 1 fully saturated rings. The molecule has 4 rings (SSSR count). The Morgan fingerprint density at radius 1 is 1.29 bits per heavy atom. The Morgan fingerprint density at radius 2 is 2.07 bits per heavy atom. The normalized spacial score (nSPS) is 20.9. The van der Waals surface area contributed by atoms with Gasteiger partial charge in [0.15, 0.2) is 0 Å². The summed E-state index contributed by atoms with van der Waals surface area (Å²) in [6.07, 6.45) is 0.849. The molecule has 1 saturated heterocycles. The molecule has 0 aliphatic carbocycles. The lowest BCUT2D eigenvalue weighted by molar-refractivity contribution is 0.0514. The Balaban J connectivity index is 1.52. The number of hydrogen-bond donors (Lipinski definition) is 1. The molecule has 1 N–H and O–H groups in total. The summed E-state index contributed by atoms with van der Waals surface area (Å²) < 4.78 is 5.92. The molecule has 0 bridgehead atoms. The van der Waals surface area contributed by atoms with Crippen LogP contribution in [0.2, 0.25) is 0 Å². The Labute approximate surface area is 165 Å². The summed E-state index contributed by atoms with van der Waals surface area (Å²) in [5.41, 5.74) is 3.92. The third-order valence-corrected chi connectivity index (χ3v) is 5.66. The lowest BCUT2D eigenvalue weighted by Crippen LogP contribution is -2.44. The highest BCUT2D eigenvalue weighted by Crippen LogP contribution is 2.40. The maximum atomic E-state index is 12.7. The second-order valence-electron chi connectivity index (χ2n) is 7.92. The zero-order chi connectivity index (χ0) is 19.7. The minimum Gasteiger partial charge on any atom is -0.376 e. The van der Waals surface area contributed by atoms with E-state index in [1.54, 1.807) is 0 Å². The molecule has 2 aromatic rings. The molecule has 2 aliphatic heterocycles. The Bertz CT molecular complexity index is 871. The number of carbonyl (C=O) groups excluding carboxylic acids is 1. The summed E-state index contributed by atoms with van der Waals surface area (Å²) in [4.78, 5) is 26.0. The van der Waals surface area contributed by atoms with E-state index in [0.29, 0.717) is 38.8 Å². The van der Waals surface area contributed by atoms with Crippen molar-refractivity contribution in [2.45, 2.75) is 31.9 Å². The number of carbonyl (C=O) groups is 1. The third-order valence-electron chi connectivity index (χ3n) is 5.66. The number of amides is 2. The first-order valence-electron chi connectivity index (χ1n) is 9.68. The number of ether oxygens (including phenoxy) is 1. The molecule has 1 aromatic carbocycles. The van der Waals surface area contributed by atoms with Gasteiger partial charge in [0.2, 0.25) is 5.95 Å². The van der Waals surface area contributed by atoms with Gasteiger partial charge in [0.25, 0.3) is 0 Å². The topological polar surface area (TPSA) is 70.6 Å². The molecule has 2 amide bonds. The van der Waals surface area contributed by atoms with E-state index in [9.17, 15) is 4.79 Å². The predicted molar refractivity (Wildman–Crippen MR) is 107 cm³/mol. The van der Waals surface area contributed by atoms with E-state index in [2.05, 4.69) is 10.3 Å². The van der Waals surface area contributed by atoms with Gasteiger partial charge in [-0.1, -0.05) is 30.3 Å². The minimum atomic E-state index is -0.254. The van der Waals surface area contributed by atoms with Crippen LogP contribution in [-0.2, 0) is 23.3 Å². The highest BCUT2D eigenvalue weighted by molar-refractivity contribution is 5.75. The summed E-state index contributed by atoms with van der Waals surface area (Å²) >= 11 is 0. The monoisotopic (exact) mass is 381 g/mol. The summed E-state index contributed by atoms with van der Waals surface area (Å²) in [5, 5.41) is 3.03. The van der Waals surface area contributed by atoms with E-state index in [1.807, 2.05) is 61.2 Å².